The van der Waals surface area contributed by atoms with Crippen LogP contribution in [0, 0.1) is 6.92 Å². The molecule has 0 N–H and O–H groups in total. The summed E-state index contributed by atoms with van der Waals surface area (Å²) in [5.41, 5.74) is 0.506. The fourth-order valence-electron chi connectivity index (χ4n) is 2.15. The predicted octanol–water partition coefficient (Wildman–Crippen LogP) is 1.69. The maximum atomic E-state index is 12.5. The van der Waals surface area contributed by atoms with Crippen LogP contribution in [0.5, 0.6) is 0 Å². The third-order valence-electron chi connectivity index (χ3n) is 3.30. The second-order valence-electron chi connectivity index (χ2n) is 4.78. The first-order chi connectivity index (χ1) is 10.4. The lowest BCUT2D eigenvalue weighted by Crippen LogP contribution is -2.32. The molecule has 0 aromatic carbocycles. The maximum Gasteiger partial charge on any atom is 0.250 e. The molecule has 2 heterocycles. The van der Waals surface area contributed by atoms with Crippen LogP contribution in [0.2, 0.25) is 0 Å². The molecule has 8 heteroatoms. The topological polar surface area (TPSA) is 72.3 Å². The van der Waals surface area contributed by atoms with E-state index in [9.17, 15) is 13.2 Å². The van der Waals surface area contributed by atoms with Gasteiger partial charge < -0.3 is 4.57 Å². The minimum atomic E-state index is -3.57. The summed E-state index contributed by atoms with van der Waals surface area (Å²) in [5, 5.41) is 2.78. The van der Waals surface area contributed by atoms with E-state index in [1.807, 2.05) is 12.3 Å². The summed E-state index contributed by atoms with van der Waals surface area (Å²) in [5.74, 6) is 0. The molecule has 22 heavy (non-hydrogen) atoms. The Hall–Kier alpha value is -1.51. The number of hydrogen-bond acceptors (Lipinski definition) is 5. The van der Waals surface area contributed by atoms with Gasteiger partial charge in [0.2, 0.25) is 10.0 Å². The van der Waals surface area contributed by atoms with Gasteiger partial charge in [-0.3, -0.25) is 4.79 Å². The van der Waals surface area contributed by atoms with Crippen LogP contribution in [0.1, 0.15) is 24.5 Å². The largest absolute Gasteiger partial charge is 0.308 e. The van der Waals surface area contributed by atoms with E-state index in [1.54, 1.807) is 13.8 Å². The third-order valence-corrected chi connectivity index (χ3v) is 6.15. The van der Waals surface area contributed by atoms with Gasteiger partial charge in [-0.1, -0.05) is 13.8 Å². The molecule has 0 bridgehead atoms. The average Bonchev–Trinajstić information content (AvgIpc) is 2.87. The van der Waals surface area contributed by atoms with Gasteiger partial charge >= 0.3 is 0 Å². The zero-order valence-electron chi connectivity index (χ0n) is 12.8. The van der Waals surface area contributed by atoms with E-state index in [1.165, 1.54) is 38.5 Å². The van der Waals surface area contributed by atoms with E-state index in [0.29, 0.717) is 13.1 Å². The molecule has 0 spiro atoms. The van der Waals surface area contributed by atoms with Crippen LogP contribution >= 0.6 is 11.3 Å². The number of aromatic nitrogens is 2. The zero-order chi connectivity index (χ0) is 16.3. The molecule has 0 saturated carbocycles. The molecule has 0 aliphatic carbocycles. The molecule has 0 amide bonds. The molecule has 2 rings (SSSR count). The van der Waals surface area contributed by atoms with Gasteiger partial charge in [-0.15, -0.1) is 11.3 Å². The Morgan fingerprint density at radius 2 is 1.95 bits per heavy atom. The minimum absolute atomic E-state index is 0.128. The normalized spacial score (nSPS) is 12.0. The Morgan fingerprint density at radius 1 is 1.27 bits per heavy atom. The molecule has 0 atom stereocenters. The van der Waals surface area contributed by atoms with E-state index >= 15 is 0 Å². The quantitative estimate of drug-likeness (QED) is 0.801. The van der Waals surface area contributed by atoms with E-state index < -0.39 is 10.0 Å². The van der Waals surface area contributed by atoms with Gasteiger partial charge in [-0.2, -0.15) is 4.31 Å². The standard InChI is InChI=1S/C14H19N3O3S2/c1-4-17(5-2)22(19,20)13-6-7-14(18)16(9-13)8-12-10-21-11(3)15-12/h6-7,9-10H,4-5,8H2,1-3H3. The van der Waals surface area contributed by atoms with Crippen LogP contribution in [-0.4, -0.2) is 35.4 Å². The molecule has 2 aromatic rings. The van der Waals surface area contributed by atoms with E-state index in [-0.39, 0.29) is 17.0 Å². The Morgan fingerprint density at radius 3 is 2.50 bits per heavy atom. The summed E-state index contributed by atoms with van der Waals surface area (Å²) < 4.78 is 27.8. The van der Waals surface area contributed by atoms with Gasteiger partial charge in [0.25, 0.3) is 5.56 Å². The van der Waals surface area contributed by atoms with Crippen molar-refractivity contribution in [3.05, 3.63) is 44.8 Å². The van der Waals surface area contributed by atoms with E-state index in [2.05, 4.69) is 4.98 Å². The summed E-state index contributed by atoms with van der Waals surface area (Å²) in [4.78, 5) is 16.4. The minimum Gasteiger partial charge on any atom is -0.308 e. The highest BCUT2D eigenvalue weighted by atomic mass is 32.2. The van der Waals surface area contributed by atoms with E-state index in [4.69, 9.17) is 0 Å². The molecule has 0 unspecified atom stereocenters. The van der Waals surface area contributed by atoms with Crippen LogP contribution in [-0.2, 0) is 16.6 Å². The highest BCUT2D eigenvalue weighted by molar-refractivity contribution is 7.89. The van der Waals surface area contributed by atoms with Gasteiger partial charge in [0.1, 0.15) is 0 Å². The van der Waals surface area contributed by atoms with Gasteiger partial charge in [0, 0.05) is 30.7 Å². The van der Waals surface area contributed by atoms with E-state index in [0.717, 1.165) is 10.7 Å². The maximum absolute atomic E-state index is 12.5. The first-order valence-electron chi connectivity index (χ1n) is 7.00. The molecule has 6 nitrogen and oxygen atoms in total. The van der Waals surface area contributed by atoms with Crippen molar-refractivity contribution in [2.24, 2.45) is 0 Å². The lowest BCUT2D eigenvalue weighted by atomic mass is 10.4. The van der Waals surface area contributed by atoms with Crippen molar-refractivity contribution in [2.45, 2.75) is 32.2 Å². The fraction of sp³-hybridized carbons (Fsp3) is 0.429. The highest BCUT2D eigenvalue weighted by Crippen LogP contribution is 2.15. The Balaban J connectivity index is 2.40. The lowest BCUT2D eigenvalue weighted by Gasteiger charge is -2.18. The summed E-state index contributed by atoms with van der Waals surface area (Å²) >= 11 is 1.50. The van der Waals surface area contributed by atoms with Crippen LogP contribution < -0.4 is 5.56 Å². The summed E-state index contributed by atoms with van der Waals surface area (Å²) in [6.07, 6.45) is 1.39. The van der Waals surface area contributed by atoms with Crippen molar-refractivity contribution in [3.63, 3.8) is 0 Å². The van der Waals surface area contributed by atoms with Crippen molar-refractivity contribution < 1.29 is 8.42 Å². The Kier molecular flexibility index (Phi) is 5.15. The van der Waals surface area contributed by atoms with Gasteiger partial charge in [-0.25, -0.2) is 13.4 Å². The smallest absolute Gasteiger partial charge is 0.250 e. The van der Waals surface area contributed by atoms with Crippen LogP contribution in [0.4, 0.5) is 0 Å². The second kappa shape index (κ2) is 6.72. The molecule has 120 valence electrons. The van der Waals surface area contributed by atoms with Crippen LogP contribution in [0.25, 0.3) is 0 Å². The number of aryl methyl sites for hydroxylation is 1. The van der Waals surface area contributed by atoms with Gasteiger partial charge in [0.15, 0.2) is 0 Å². The van der Waals surface area contributed by atoms with Crippen molar-refractivity contribution in [2.75, 3.05) is 13.1 Å². The molecular weight excluding hydrogens is 322 g/mol. The SMILES string of the molecule is CCN(CC)S(=O)(=O)c1ccc(=O)n(Cc2csc(C)n2)c1. The molecule has 0 fully saturated rings. The number of nitrogens with zero attached hydrogens (tertiary/aromatic N) is 3. The van der Waals surface area contributed by atoms with Gasteiger partial charge in [0.05, 0.1) is 22.1 Å². The highest BCUT2D eigenvalue weighted by Gasteiger charge is 2.22. The molecular formula is C14H19N3O3S2. The zero-order valence-corrected chi connectivity index (χ0v) is 14.4. The van der Waals surface area contributed by atoms with Crippen molar-refractivity contribution >= 4 is 21.4 Å². The van der Waals surface area contributed by atoms with Crippen LogP contribution in [0.15, 0.2) is 33.4 Å². The first kappa shape index (κ1) is 16.9. The number of sulfonamides is 1. The Bertz CT molecular complexity index is 805. The van der Waals surface area contributed by atoms with Gasteiger partial charge in [-0.05, 0) is 13.0 Å². The van der Waals surface area contributed by atoms with Crippen molar-refractivity contribution in [1.82, 2.24) is 13.9 Å². The third kappa shape index (κ3) is 3.45. The monoisotopic (exact) mass is 341 g/mol. The second-order valence-corrected chi connectivity index (χ2v) is 7.78. The van der Waals surface area contributed by atoms with Crippen LogP contribution in [0.3, 0.4) is 0 Å². The first-order valence-corrected chi connectivity index (χ1v) is 9.32. The predicted molar refractivity (Wildman–Crippen MR) is 86.8 cm³/mol. The summed E-state index contributed by atoms with van der Waals surface area (Å²) in [6, 6.07) is 2.65. The molecule has 0 aliphatic rings. The average molecular weight is 341 g/mol. The Labute approximate surface area is 134 Å². The molecule has 0 radical (unpaired) electrons. The fourth-order valence-corrected chi connectivity index (χ4v) is 4.24. The molecule has 2 aromatic heterocycles. The number of rotatable bonds is 6. The lowest BCUT2D eigenvalue weighted by molar-refractivity contribution is 0.444. The molecule has 0 saturated heterocycles. The van der Waals surface area contributed by atoms with Crippen molar-refractivity contribution in [1.29, 1.82) is 0 Å². The summed E-state index contributed by atoms with van der Waals surface area (Å²) in [6.45, 7) is 6.51. The molecule has 0 aliphatic heterocycles. The number of pyridine rings is 1. The number of hydrogen-bond donors (Lipinski definition) is 0. The number of thiazole rings is 1. The van der Waals surface area contributed by atoms with Crippen molar-refractivity contribution in [3.8, 4) is 0 Å². The summed E-state index contributed by atoms with van der Waals surface area (Å²) in [7, 11) is -3.57.